The number of para-hydroxylation sites is 2. The van der Waals surface area contributed by atoms with E-state index in [1.165, 1.54) is 23.9 Å². The molecule has 3 rings (SSSR count). The molecule has 1 fully saturated rings. The van der Waals surface area contributed by atoms with Gasteiger partial charge in [0.2, 0.25) is 6.33 Å². The van der Waals surface area contributed by atoms with Gasteiger partial charge in [0.05, 0.1) is 19.8 Å². The van der Waals surface area contributed by atoms with Gasteiger partial charge in [-0.1, -0.05) is 25.5 Å². The minimum atomic E-state index is 0. The Bertz CT molecular complexity index is 578. The number of nitrogens with zero attached hydrogens (tertiary/aromatic N) is 3. The fourth-order valence-electron chi connectivity index (χ4n) is 3.00. The Kier molecular flexibility index (Phi) is 6.68. The van der Waals surface area contributed by atoms with Gasteiger partial charge < -0.3 is 17.1 Å². The number of halogens is 1. The van der Waals surface area contributed by atoms with Crippen LogP contribution in [0.1, 0.15) is 19.8 Å². The van der Waals surface area contributed by atoms with Gasteiger partial charge in [-0.15, -0.1) is 0 Å². The number of unbranched alkanes of at least 4 members (excludes halogenated alkanes) is 1. The van der Waals surface area contributed by atoms with Crippen LogP contribution in [-0.2, 0) is 17.8 Å². The molecule has 122 valence electrons. The summed E-state index contributed by atoms with van der Waals surface area (Å²) in [6.07, 6.45) is 4.77. The fourth-order valence-corrected chi connectivity index (χ4v) is 3.00. The molecule has 1 aliphatic rings. The van der Waals surface area contributed by atoms with Gasteiger partial charge in [-0.3, -0.25) is 4.90 Å². The molecule has 0 aliphatic carbocycles. The van der Waals surface area contributed by atoms with Crippen molar-refractivity contribution in [3.63, 3.8) is 0 Å². The van der Waals surface area contributed by atoms with Gasteiger partial charge in [0.15, 0.2) is 11.0 Å². The van der Waals surface area contributed by atoms with Gasteiger partial charge >= 0.3 is 0 Å². The first kappa shape index (κ1) is 17.3. The lowest BCUT2D eigenvalue weighted by atomic mass is 10.3. The van der Waals surface area contributed by atoms with E-state index in [0.717, 1.165) is 45.9 Å². The van der Waals surface area contributed by atoms with Crippen molar-refractivity contribution in [2.45, 2.75) is 32.9 Å². The third-order valence-corrected chi connectivity index (χ3v) is 4.29. The maximum absolute atomic E-state index is 5.42. The molecule has 1 aliphatic heterocycles. The van der Waals surface area contributed by atoms with Crippen molar-refractivity contribution in [3.05, 3.63) is 30.6 Å². The zero-order valence-corrected chi connectivity index (χ0v) is 14.1. The Labute approximate surface area is 139 Å². The average molecular weight is 324 g/mol. The van der Waals surface area contributed by atoms with Crippen LogP contribution in [0.4, 0.5) is 0 Å². The summed E-state index contributed by atoms with van der Waals surface area (Å²) in [6, 6.07) is 8.74. The first-order chi connectivity index (χ1) is 10.4. The molecule has 2 aromatic rings. The summed E-state index contributed by atoms with van der Waals surface area (Å²) in [5.74, 6) is 0. The molecule has 2 heterocycles. The Morgan fingerprint density at radius 1 is 1.14 bits per heavy atom. The number of benzene rings is 1. The Morgan fingerprint density at radius 2 is 1.91 bits per heavy atom. The summed E-state index contributed by atoms with van der Waals surface area (Å²) in [5.41, 5.74) is 2.70. The van der Waals surface area contributed by atoms with Crippen LogP contribution in [0.5, 0.6) is 0 Å². The molecule has 1 aromatic heterocycles. The molecule has 0 unspecified atom stereocenters. The van der Waals surface area contributed by atoms with Crippen molar-refractivity contribution < 1.29 is 21.7 Å². The molecule has 4 nitrogen and oxygen atoms in total. The molecule has 0 N–H and O–H groups in total. The third kappa shape index (κ3) is 4.00. The van der Waals surface area contributed by atoms with Crippen LogP contribution >= 0.6 is 0 Å². The summed E-state index contributed by atoms with van der Waals surface area (Å²) < 4.78 is 10.2. The molecule has 5 heteroatoms. The van der Waals surface area contributed by atoms with Crippen LogP contribution in [0.2, 0.25) is 0 Å². The van der Waals surface area contributed by atoms with Gasteiger partial charge in [-0.05, 0) is 18.6 Å². The molecular weight excluding hydrogens is 298 g/mol. The molecule has 1 saturated heterocycles. The van der Waals surface area contributed by atoms with Crippen molar-refractivity contribution in [1.29, 1.82) is 0 Å². The highest BCUT2D eigenvalue weighted by atomic mass is 35.5. The van der Waals surface area contributed by atoms with Gasteiger partial charge in [-0.25, -0.2) is 9.13 Å². The Balaban J connectivity index is 0.00000176. The van der Waals surface area contributed by atoms with Crippen LogP contribution in [-0.4, -0.2) is 42.3 Å². The summed E-state index contributed by atoms with van der Waals surface area (Å²) in [5, 5.41) is 0. The zero-order chi connectivity index (χ0) is 14.5. The normalized spacial score (nSPS) is 15.9. The minimum Gasteiger partial charge on any atom is -1.00 e. The van der Waals surface area contributed by atoms with E-state index in [1.807, 2.05) is 0 Å². The number of ether oxygens (including phenoxy) is 1. The lowest BCUT2D eigenvalue weighted by Crippen LogP contribution is -3.00. The number of imidazole rings is 1. The molecule has 0 radical (unpaired) electrons. The number of fused-ring (bicyclic) bond motifs is 1. The van der Waals surface area contributed by atoms with Crippen molar-refractivity contribution in [2.75, 3.05) is 32.8 Å². The lowest BCUT2D eigenvalue weighted by molar-refractivity contribution is -0.672. The molecule has 0 amide bonds. The van der Waals surface area contributed by atoms with Crippen LogP contribution < -0.4 is 17.0 Å². The highest BCUT2D eigenvalue weighted by Gasteiger charge is 2.16. The van der Waals surface area contributed by atoms with Crippen LogP contribution in [0.15, 0.2) is 30.6 Å². The number of aryl methyl sites for hydroxylation is 1. The summed E-state index contributed by atoms with van der Waals surface area (Å²) >= 11 is 0. The Morgan fingerprint density at radius 3 is 2.68 bits per heavy atom. The number of hydrogen-bond donors (Lipinski definition) is 0. The standard InChI is InChI=1S/C17H26N3O.ClH/c1-2-3-8-19-15-20(17-7-5-4-6-16(17)19)10-9-18-11-13-21-14-12-18;/h4-7,15H,2-3,8-14H2,1H3;1H/q+1;/p-1. The lowest BCUT2D eigenvalue weighted by Gasteiger charge is -2.25. The molecular formula is C17H26ClN3O. The van der Waals surface area contributed by atoms with Crippen LogP contribution in [0.3, 0.4) is 0 Å². The second-order valence-corrected chi connectivity index (χ2v) is 5.80. The van der Waals surface area contributed by atoms with Crippen molar-refractivity contribution in [2.24, 2.45) is 0 Å². The second kappa shape index (κ2) is 8.51. The van der Waals surface area contributed by atoms with Crippen molar-refractivity contribution in [1.82, 2.24) is 9.47 Å². The van der Waals surface area contributed by atoms with E-state index in [9.17, 15) is 0 Å². The van der Waals surface area contributed by atoms with Gasteiger partial charge in [0.1, 0.15) is 6.54 Å². The molecule has 0 atom stereocenters. The van der Waals surface area contributed by atoms with Crippen molar-refractivity contribution in [3.8, 4) is 0 Å². The third-order valence-electron chi connectivity index (χ3n) is 4.29. The van der Waals surface area contributed by atoms with Gasteiger partial charge in [0.25, 0.3) is 0 Å². The van der Waals surface area contributed by atoms with E-state index in [2.05, 4.69) is 51.6 Å². The minimum absolute atomic E-state index is 0. The summed E-state index contributed by atoms with van der Waals surface area (Å²) in [6.45, 7) is 9.41. The highest BCUT2D eigenvalue weighted by molar-refractivity contribution is 5.71. The SMILES string of the molecule is CCCC[n+]1cn(CCN2CCOCC2)c2ccccc21.[Cl-]. The van der Waals surface area contributed by atoms with Crippen molar-refractivity contribution >= 4 is 11.0 Å². The molecule has 22 heavy (non-hydrogen) atoms. The second-order valence-electron chi connectivity index (χ2n) is 5.80. The molecule has 0 saturated carbocycles. The van der Waals surface area contributed by atoms with Gasteiger partial charge in [0, 0.05) is 19.6 Å². The predicted octanol–water partition coefficient (Wildman–Crippen LogP) is -0.935. The van der Waals surface area contributed by atoms with Crippen LogP contribution in [0.25, 0.3) is 11.0 Å². The fraction of sp³-hybridized carbons (Fsp3) is 0.588. The van der Waals surface area contributed by atoms with E-state index in [4.69, 9.17) is 4.74 Å². The summed E-state index contributed by atoms with van der Waals surface area (Å²) in [7, 11) is 0. The Hall–Kier alpha value is -1.10. The van der Waals surface area contributed by atoms with Crippen LogP contribution in [0, 0.1) is 0 Å². The topological polar surface area (TPSA) is 21.3 Å². The molecule has 1 aromatic carbocycles. The monoisotopic (exact) mass is 323 g/mol. The zero-order valence-electron chi connectivity index (χ0n) is 13.4. The quantitative estimate of drug-likeness (QED) is 0.640. The first-order valence-electron chi connectivity index (χ1n) is 8.16. The number of morpholine rings is 1. The molecule has 0 bridgehead atoms. The van der Waals surface area contributed by atoms with E-state index in [0.29, 0.717) is 0 Å². The first-order valence-corrected chi connectivity index (χ1v) is 8.16. The van der Waals surface area contributed by atoms with Gasteiger partial charge in [-0.2, -0.15) is 0 Å². The smallest absolute Gasteiger partial charge is 0.244 e. The van der Waals surface area contributed by atoms with E-state index < -0.39 is 0 Å². The summed E-state index contributed by atoms with van der Waals surface area (Å²) in [4.78, 5) is 2.49. The maximum atomic E-state index is 5.42. The maximum Gasteiger partial charge on any atom is 0.244 e. The van der Waals surface area contributed by atoms with E-state index in [1.54, 1.807) is 0 Å². The average Bonchev–Trinajstić information content (AvgIpc) is 2.90. The van der Waals surface area contributed by atoms with E-state index >= 15 is 0 Å². The number of aromatic nitrogens is 2. The molecule has 0 spiro atoms. The predicted molar refractivity (Wildman–Crippen MR) is 84.3 cm³/mol. The number of hydrogen-bond acceptors (Lipinski definition) is 2. The largest absolute Gasteiger partial charge is 1.00 e. The number of rotatable bonds is 6. The highest BCUT2D eigenvalue weighted by Crippen LogP contribution is 2.11. The van der Waals surface area contributed by atoms with E-state index in [-0.39, 0.29) is 12.4 Å².